The number of carbonyl (C=O) groups excluding carboxylic acids is 4. The zero-order valence-corrected chi connectivity index (χ0v) is 19.9. The van der Waals surface area contributed by atoms with Crippen LogP contribution in [-0.4, -0.2) is 47.0 Å². The van der Waals surface area contributed by atoms with Crippen LogP contribution in [0.15, 0.2) is 59.1 Å². The van der Waals surface area contributed by atoms with Crippen LogP contribution in [0.1, 0.15) is 41.3 Å². The monoisotopic (exact) mass is 510 g/mol. The van der Waals surface area contributed by atoms with Crippen molar-refractivity contribution >= 4 is 23.7 Å². The molecule has 0 amide bonds. The number of cyclic esters (lactones) is 1. The van der Waals surface area contributed by atoms with Crippen LogP contribution < -0.4 is 11.5 Å². The van der Waals surface area contributed by atoms with Gasteiger partial charge in [-0.1, -0.05) is 0 Å². The fraction of sp³-hybridized carbons (Fsp3) is 0.385. The van der Waals surface area contributed by atoms with Crippen LogP contribution in [0.2, 0.25) is 0 Å². The van der Waals surface area contributed by atoms with Gasteiger partial charge >= 0.3 is 17.9 Å². The SMILES string of the molecule is COC(=O)[C@@H]1C=C(OC(=O)c2ccc(O)cc2)C(=O)[C@H]2[C@@]1(N)CC[C@H]1C(=O)O[C@H](c3ccoc3)C[C@]21N. The van der Waals surface area contributed by atoms with E-state index in [-0.39, 0.29) is 30.6 Å². The second kappa shape index (κ2) is 8.86. The van der Waals surface area contributed by atoms with Crippen molar-refractivity contribution in [1.29, 1.82) is 0 Å². The summed E-state index contributed by atoms with van der Waals surface area (Å²) in [7, 11) is 1.18. The van der Waals surface area contributed by atoms with E-state index in [1.54, 1.807) is 6.07 Å². The third-order valence-electron chi connectivity index (χ3n) is 7.75. The number of phenols is 1. The lowest BCUT2D eigenvalue weighted by molar-refractivity contribution is -0.179. The molecule has 11 nitrogen and oxygen atoms in total. The number of hydrogen-bond donors (Lipinski definition) is 3. The topological polar surface area (TPSA) is 181 Å². The molecule has 1 saturated heterocycles. The van der Waals surface area contributed by atoms with Gasteiger partial charge in [0.05, 0.1) is 43.0 Å². The van der Waals surface area contributed by atoms with Gasteiger partial charge in [0.2, 0.25) is 5.78 Å². The Bertz CT molecular complexity index is 1290. The summed E-state index contributed by atoms with van der Waals surface area (Å²) in [5.74, 6) is -6.67. The highest BCUT2D eigenvalue weighted by Crippen LogP contribution is 2.55. The number of allylic oxidation sites excluding steroid dienone is 1. The smallest absolute Gasteiger partial charge is 0.343 e. The number of esters is 3. The van der Waals surface area contributed by atoms with E-state index in [1.807, 2.05) is 0 Å². The number of methoxy groups -OCH3 is 1. The van der Waals surface area contributed by atoms with Gasteiger partial charge in [-0.15, -0.1) is 0 Å². The minimum atomic E-state index is -1.52. The molecule has 5 N–H and O–H groups in total. The first-order chi connectivity index (χ1) is 17.6. The number of phenolic OH excluding ortho intramolecular Hbond substituents is 1. The van der Waals surface area contributed by atoms with Gasteiger partial charge in [-0.3, -0.25) is 14.4 Å². The van der Waals surface area contributed by atoms with Gasteiger partial charge < -0.3 is 35.2 Å². The Balaban J connectivity index is 1.56. The van der Waals surface area contributed by atoms with Crippen molar-refractivity contribution in [3.63, 3.8) is 0 Å². The summed E-state index contributed by atoms with van der Waals surface area (Å²) in [5, 5.41) is 9.49. The molecule has 1 aliphatic heterocycles. The van der Waals surface area contributed by atoms with Crippen molar-refractivity contribution in [3.8, 4) is 5.75 Å². The van der Waals surface area contributed by atoms with Crippen LogP contribution in [0.25, 0.3) is 0 Å². The molecule has 194 valence electrons. The van der Waals surface area contributed by atoms with E-state index >= 15 is 0 Å². The van der Waals surface area contributed by atoms with Crippen molar-refractivity contribution in [2.45, 2.75) is 36.4 Å². The number of ether oxygens (including phenoxy) is 3. The summed E-state index contributed by atoms with van der Waals surface area (Å²) in [4.78, 5) is 52.7. The second-order valence-corrected chi connectivity index (χ2v) is 9.77. The Morgan fingerprint density at radius 1 is 1.11 bits per heavy atom. The quantitative estimate of drug-likeness (QED) is 0.400. The number of ketones is 1. The fourth-order valence-corrected chi connectivity index (χ4v) is 5.94. The first kappa shape index (κ1) is 24.7. The van der Waals surface area contributed by atoms with Crippen molar-refractivity contribution < 1.29 is 42.9 Å². The Hall–Kier alpha value is -3.96. The number of nitrogens with two attached hydrogens (primary N) is 2. The largest absolute Gasteiger partial charge is 0.508 e. The van der Waals surface area contributed by atoms with Crippen LogP contribution in [0, 0.1) is 17.8 Å². The summed E-state index contributed by atoms with van der Waals surface area (Å²) in [6.07, 6.45) is 3.58. The summed E-state index contributed by atoms with van der Waals surface area (Å²) in [5.41, 5.74) is 11.4. The Labute approximate surface area is 211 Å². The maximum absolute atomic E-state index is 13.9. The predicted octanol–water partition coefficient (Wildman–Crippen LogP) is 1.51. The number of fused-ring (bicyclic) bond motifs is 3. The molecule has 0 unspecified atom stereocenters. The summed E-state index contributed by atoms with van der Waals surface area (Å²) < 4.78 is 21.2. The minimum Gasteiger partial charge on any atom is -0.508 e. The molecule has 0 spiro atoms. The second-order valence-electron chi connectivity index (χ2n) is 9.77. The molecular weight excluding hydrogens is 484 g/mol. The molecule has 2 aliphatic carbocycles. The first-order valence-corrected chi connectivity index (χ1v) is 11.7. The summed E-state index contributed by atoms with van der Waals surface area (Å²) >= 11 is 0. The number of furan rings is 1. The molecule has 2 heterocycles. The zero-order chi connectivity index (χ0) is 26.5. The zero-order valence-electron chi connectivity index (χ0n) is 19.9. The van der Waals surface area contributed by atoms with Gasteiger partial charge in [0.1, 0.15) is 11.9 Å². The van der Waals surface area contributed by atoms with Crippen molar-refractivity contribution in [2.24, 2.45) is 29.2 Å². The number of hydrogen-bond acceptors (Lipinski definition) is 11. The normalized spacial score (nSPS) is 32.9. The Morgan fingerprint density at radius 3 is 2.49 bits per heavy atom. The highest BCUT2D eigenvalue weighted by Gasteiger charge is 2.67. The molecule has 6 atom stereocenters. The van der Waals surface area contributed by atoms with Gasteiger partial charge in [-0.05, 0) is 49.2 Å². The number of benzene rings is 1. The van der Waals surface area contributed by atoms with Crippen LogP contribution in [0.3, 0.4) is 0 Å². The number of Topliss-reactive ketones (excluding diaryl/α,β-unsaturated/α-hetero) is 1. The maximum Gasteiger partial charge on any atom is 0.343 e. The van der Waals surface area contributed by atoms with Crippen molar-refractivity contribution in [3.05, 3.63) is 65.8 Å². The van der Waals surface area contributed by atoms with Gasteiger partial charge in [0, 0.05) is 23.1 Å². The van der Waals surface area contributed by atoms with Crippen LogP contribution in [0.4, 0.5) is 0 Å². The van der Waals surface area contributed by atoms with Crippen LogP contribution in [0.5, 0.6) is 5.75 Å². The average molecular weight is 510 g/mol. The van der Waals surface area contributed by atoms with Crippen LogP contribution in [-0.2, 0) is 28.6 Å². The van der Waals surface area contributed by atoms with E-state index in [0.717, 1.165) is 0 Å². The van der Waals surface area contributed by atoms with Gasteiger partial charge in [-0.2, -0.15) is 0 Å². The summed E-state index contributed by atoms with van der Waals surface area (Å²) in [6.45, 7) is 0. The molecule has 0 bridgehead atoms. The van der Waals surface area contributed by atoms with E-state index in [9.17, 15) is 24.3 Å². The molecule has 3 aliphatic rings. The van der Waals surface area contributed by atoms with Crippen molar-refractivity contribution in [1.82, 2.24) is 0 Å². The molecule has 11 heteroatoms. The lowest BCUT2D eigenvalue weighted by Crippen LogP contribution is -2.76. The van der Waals surface area contributed by atoms with Gasteiger partial charge in [0.15, 0.2) is 5.76 Å². The Morgan fingerprint density at radius 2 is 1.84 bits per heavy atom. The average Bonchev–Trinajstić information content (AvgIpc) is 3.40. The third kappa shape index (κ3) is 3.91. The lowest BCUT2D eigenvalue weighted by Gasteiger charge is -2.58. The van der Waals surface area contributed by atoms with Crippen molar-refractivity contribution in [2.75, 3.05) is 7.11 Å². The first-order valence-electron chi connectivity index (χ1n) is 11.7. The molecule has 1 aromatic carbocycles. The van der Waals surface area contributed by atoms with Gasteiger partial charge in [-0.25, -0.2) is 4.79 Å². The van der Waals surface area contributed by atoms with E-state index in [0.29, 0.717) is 5.56 Å². The summed E-state index contributed by atoms with van der Waals surface area (Å²) in [6, 6.07) is 6.86. The third-order valence-corrected chi connectivity index (χ3v) is 7.75. The van der Waals surface area contributed by atoms with E-state index in [1.165, 1.54) is 50.0 Å². The molecule has 1 aromatic heterocycles. The maximum atomic E-state index is 13.9. The van der Waals surface area contributed by atoms with E-state index in [2.05, 4.69) is 0 Å². The molecule has 1 saturated carbocycles. The van der Waals surface area contributed by atoms with Gasteiger partial charge in [0.25, 0.3) is 0 Å². The van der Waals surface area contributed by atoms with Crippen LogP contribution >= 0.6 is 0 Å². The minimum absolute atomic E-state index is 0.0331. The predicted molar refractivity (Wildman–Crippen MR) is 124 cm³/mol. The molecule has 5 rings (SSSR count). The highest BCUT2D eigenvalue weighted by molar-refractivity contribution is 6.04. The number of aromatic hydroxyl groups is 1. The van der Waals surface area contributed by atoms with E-state index < -0.39 is 64.4 Å². The molecule has 2 fully saturated rings. The molecule has 2 aromatic rings. The molecular formula is C26H26N2O9. The Kier molecular flexibility index (Phi) is 5.92. The lowest BCUT2D eigenvalue weighted by atomic mass is 9.50. The molecule has 0 radical (unpaired) electrons. The number of carbonyl (C=O) groups is 4. The number of rotatable bonds is 4. The highest BCUT2D eigenvalue weighted by atomic mass is 16.6. The van der Waals surface area contributed by atoms with E-state index in [4.69, 9.17) is 30.1 Å². The standard InChI is InChI=1S/C26H26N2O9/c1-34-23(32)17-10-18(36-22(31)13-2-4-15(29)5-3-13)20(30)21-25(17,27)8-6-16-24(33)37-19(11-26(16,21)28)14-7-9-35-12-14/h2-5,7,9-10,12,16-17,19,21,29H,6,8,11,27-28H2,1H3/t16-,17-,19-,21-,25+,26+/m0/s1. The fourth-order valence-electron chi connectivity index (χ4n) is 5.94. The molecule has 37 heavy (non-hydrogen) atoms.